The molecule has 1 aromatic carbocycles. The molecule has 1 aliphatic rings. The van der Waals surface area contributed by atoms with E-state index in [4.69, 9.17) is 4.74 Å². The van der Waals surface area contributed by atoms with Gasteiger partial charge in [-0.1, -0.05) is 59.6 Å². The van der Waals surface area contributed by atoms with Crippen molar-refractivity contribution in [3.8, 4) is 0 Å². The monoisotopic (exact) mass is 476 g/mol. The molecule has 0 spiro atoms. The van der Waals surface area contributed by atoms with Gasteiger partial charge in [0.2, 0.25) is 0 Å². The summed E-state index contributed by atoms with van der Waals surface area (Å²) in [6, 6.07) is 6.72. The van der Waals surface area contributed by atoms with Crippen molar-refractivity contribution in [1.82, 2.24) is 10.6 Å². The van der Waals surface area contributed by atoms with E-state index in [1.807, 2.05) is 18.4 Å². The van der Waals surface area contributed by atoms with Crippen molar-refractivity contribution in [1.29, 1.82) is 0 Å². The van der Waals surface area contributed by atoms with Gasteiger partial charge in [-0.3, -0.25) is 9.59 Å². The Labute approximate surface area is 203 Å². The standard InChI is InChI=1S/C26H40N2O4S/c1-17-8-7-9-21(18(17)2)27-23(29)16-32-25(31)22(14-15-33-6)28-24(30)19-10-12-20(13-11-19)26(3,4)5/h10-13,17-18,21-22H,7-9,14-16H2,1-6H3,(H,27,29)(H,28,30). The number of amides is 2. The van der Waals surface area contributed by atoms with Crippen molar-refractivity contribution in [2.45, 2.75) is 77.8 Å². The van der Waals surface area contributed by atoms with Crippen molar-refractivity contribution in [3.05, 3.63) is 35.4 Å². The highest BCUT2D eigenvalue weighted by atomic mass is 32.2. The van der Waals surface area contributed by atoms with E-state index < -0.39 is 12.0 Å². The van der Waals surface area contributed by atoms with Crippen LogP contribution in [0.1, 0.15) is 76.2 Å². The van der Waals surface area contributed by atoms with Crippen molar-refractivity contribution in [2.75, 3.05) is 18.6 Å². The molecule has 2 rings (SSSR count). The first kappa shape index (κ1) is 27.2. The van der Waals surface area contributed by atoms with Gasteiger partial charge in [0.25, 0.3) is 11.8 Å². The molecule has 1 aliphatic carbocycles. The van der Waals surface area contributed by atoms with Crippen LogP contribution in [0.4, 0.5) is 0 Å². The van der Waals surface area contributed by atoms with Crippen LogP contribution in [0.3, 0.4) is 0 Å². The van der Waals surface area contributed by atoms with Gasteiger partial charge in [-0.05, 0) is 59.8 Å². The molecule has 0 bridgehead atoms. The molecule has 184 valence electrons. The molecule has 4 unspecified atom stereocenters. The summed E-state index contributed by atoms with van der Waals surface area (Å²) in [5, 5.41) is 5.80. The molecule has 0 heterocycles. The van der Waals surface area contributed by atoms with E-state index in [1.165, 1.54) is 6.42 Å². The van der Waals surface area contributed by atoms with Crippen LogP contribution < -0.4 is 10.6 Å². The Bertz CT molecular complexity index is 804. The van der Waals surface area contributed by atoms with Gasteiger partial charge in [-0.15, -0.1) is 0 Å². The third kappa shape index (κ3) is 8.36. The molecule has 1 fully saturated rings. The minimum absolute atomic E-state index is 0.00622. The number of nitrogens with one attached hydrogen (secondary N) is 2. The molecule has 0 aliphatic heterocycles. The molecule has 2 amide bonds. The quantitative estimate of drug-likeness (QED) is 0.519. The van der Waals surface area contributed by atoms with E-state index in [0.29, 0.717) is 29.6 Å². The van der Waals surface area contributed by atoms with Gasteiger partial charge in [0.1, 0.15) is 6.04 Å². The summed E-state index contributed by atoms with van der Waals surface area (Å²) in [4.78, 5) is 37.8. The van der Waals surface area contributed by atoms with E-state index in [0.717, 1.165) is 18.4 Å². The number of carbonyl (C=O) groups excluding carboxylic acids is 3. The second-order valence-electron chi connectivity index (χ2n) is 10.2. The van der Waals surface area contributed by atoms with Gasteiger partial charge in [0.15, 0.2) is 6.61 Å². The first-order valence-electron chi connectivity index (χ1n) is 11.9. The van der Waals surface area contributed by atoms with Crippen molar-refractivity contribution in [2.24, 2.45) is 11.8 Å². The third-order valence-corrected chi connectivity index (χ3v) is 7.26. The zero-order valence-electron chi connectivity index (χ0n) is 20.9. The minimum Gasteiger partial charge on any atom is -0.454 e. The van der Waals surface area contributed by atoms with Gasteiger partial charge in [-0.25, -0.2) is 4.79 Å². The summed E-state index contributed by atoms with van der Waals surface area (Å²) in [6.45, 7) is 10.4. The number of ether oxygens (including phenoxy) is 1. The Balaban J connectivity index is 1.92. The SMILES string of the molecule is CSCCC(NC(=O)c1ccc(C(C)(C)C)cc1)C(=O)OCC(=O)NC1CCCC(C)C1C. The average Bonchev–Trinajstić information content (AvgIpc) is 2.77. The summed E-state index contributed by atoms with van der Waals surface area (Å²) in [5.41, 5.74) is 1.61. The summed E-state index contributed by atoms with van der Waals surface area (Å²) >= 11 is 1.58. The molecule has 0 saturated heterocycles. The molecule has 0 aromatic heterocycles. The van der Waals surface area contributed by atoms with E-state index in [-0.39, 0.29) is 29.9 Å². The van der Waals surface area contributed by atoms with Gasteiger partial charge < -0.3 is 15.4 Å². The normalized spacial score (nSPS) is 21.7. The number of carbonyl (C=O) groups is 3. The maximum absolute atomic E-state index is 12.7. The Morgan fingerprint density at radius 2 is 1.79 bits per heavy atom. The van der Waals surface area contributed by atoms with Crippen LogP contribution in [0.15, 0.2) is 24.3 Å². The molecule has 0 radical (unpaired) electrons. The number of esters is 1. The van der Waals surface area contributed by atoms with Crippen LogP contribution in [0.5, 0.6) is 0 Å². The van der Waals surface area contributed by atoms with Crippen molar-refractivity contribution in [3.63, 3.8) is 0 Å². The van der Waals surface area contributed by atoms with Crippen molar-refractivity contribution >= 4 is 29.5 Å². The predicted octanol–water partition coefficient (Wildman–Crippen LogP) is 4.32. The van der Waals surface area contributed by atoms with Crippen LogP contribution in [0.25, 0.3) is 0 Å². The van der Waals surface area contributed by atoms with Crippen molar-refractivity contribution < 1.29 is 19.1 Å². The Morgan fingerprint density at radius 3 is 2.39 bits per heavy atom. The third-order valence-electron chi connectivity index (χ3n) is 6.61. The molecule has 1 saturated carbocycles. The molecule has 1 aromatic rings. The van der Waals surface area contributed by atoms with E-state index in [1.54, 1.807) is 23.9 Å². The Hall–Kier alpha value is -2.02. The number of hydrogen-bond acceptors (Lipinski definition) is 5. The lowest BCUT2D eigenvalue weighted by Gasteiger charge is -2.34. The van der Waals surface area contributed by atoms with Crippen LogP contribution in [-0.2, 0) is 19.7 Å². The van der Waals surface area contributed by atoms with Gasteiger partial charge in [0, 0.05) is 11.6 Å². The average molecular weight is 477 g/mol. The number of hydrogen-bond donors (Lipinski definition) is 2. The number of thioether (sulfide) groups is 1. The van der Waals surface area contributed by atoms with Gasteiger partial charge in [0.05, 0.1) is 0 Å². The largest absolute Gasteiger partial charge is 0.454 e. The second-order valence-corrected chi connectivity index (χ2v) is 11.2. The van der Waals surface area contributed by atoms with Crippen LogP contribution >= 0.6 is 11.8 Å². The smallest absolute Gasteiger partial charge is 0.329 e. The number of benzene rings is 1. The van der Waals surface area contributed by atoms with Gasteiger partial charge >= 0.3 is 5.97 Å². The van der Waals surface area contributed by atoms with Crippen LogP contribution in [0.2, 0.25) is 0 Å². The summed E-state index contributed by atoms with van der Waals surface area (Å²) < 4.78 is 5.29. The second kappa shape index (κ2) is 12.4. The van der Waals surface area contributed by atoms with Gasteiger partial charge in [-0.2, -0.15) is 11.8 Å². The zero-order valence-corrected chi connectivity index (χ0v) is 21.7. The lowest BCUT2D eigenvalue weighted by Crippen LogP contribution is -2.46. The topological polar surface area (TPSA) is 84.5 Å². The summed E-state index contributed by atoms with van der Waals surface area (Å²) in [6.07, 6.45) is 5.60. The Kier molecular flexibility index (Phi) is 10.3. The highest BCUT2D eigenvalue weighted by Crippen LogP contribution is 2.29. The van der Waals surface area contributed by atoms with Crippen LogP contribution in [-0.4, -0.2) is 48.5 Å². The fourth-order valence-corrected chi connectivity index (χ4v) is 4.59. The van der Waals surface area contributed by atoms with Crippen LogP contribution in [0, 0.1) is 11.8 Å². The Morgan fingerprint density at radius 1 is 1.12 bits per heavy atom. The maximum Gasteiger partial charge on any atom is 0.329 e. The molecule has 33 heavy (non-hydrogen) atoms. The molecule has 6 nitrogen and oxygen atoms in total. The fourth-order valence-electron chi connectivity index (χ4n) is 4.12. The van der Waals surface area contributed by atoms with E-state index >= 15 is 0 Å². The highest BCUT2D eigenvalue weighted by Gasteiger charge is 2.29. The zero-order chi connectivity index (χ0) is 24.6. The molecule has 4 atom stereocenters. The molecular formula is C26H40N2O4S. The summed E-state index contributed by atoms with van der Waals surface area (Å²) in [7, 11) is 0. The maximum atomic E-state index is 12.7. The van der Waals surface area contributed by atoms with E-state index in [2.05, 4.69) is 45.3 Å². The molecule has 2 N–H and O–H groups in total. The fraction of sp³-hybridized carbons (Fsp3) is 0.654. The molecular weight excluding hydrogens is 436 g/mol. The number of rotatable bonds is 9. The molecule has 7 heteroatoms. The highest BCUT2D eigenvalue weighted by molar-refractivity contribution is 7.98. The lowest BCUT2D eigenvalue weighted by atomic mass is 9.78. The lowest BCUT2D eigenvalue weighted by molar-refractivity contribution is -0.150. The minimum atomic E-state index is -0.798. The first-order valence-corrected chi connectivity index (χ1v) is 13.3. The first-order chi connectivity index (χ1) is 15.5. The predicted molar refractivity (Wildman–Crippen MR) is 134 cm³/mol. The summed E-state index contributed by atoms with van der Waals surface area (Å²) in [5.74, 6) is 0.456. The van der Waals surface area contributed by atoms with E-state index in [9.17, 15) is 14.4 Å².